The summed E-state index contributed by atoms with van der Waals surface area (Å²) in [5.74, 6) is 2.01. The van der Waals surface area contributed by atoms with E-state index in [1.807, 2.05) is 42.5 Å². The van der Waals surface area contributed by atoms with Crippen LogP contribution < -0.4 is 14.8 Å². The summed E-state index contributed by atoms with van der Waals surface area (Å²) in [5.41, 5.74) is 2.67. The molecule has 1 saturated heterocycles. The summed E-state index contributed by atoms with van der Waals surface area (Å²) in [6, 6.07) is 19.2. The van der Waals surface area contributed by atoms with Crippen molar-refractivity contribution in [3.63, 3.8) is 0 Å². The van der Waals surface area contributed by atoms with E-state index in [0.717, 1.165) is 54.6 Å². The predicted octanol–water partition coefficient (Wildman–Crippen LogP) is 4.21. The van der Waals surface area contributed by atoms with Gasteiger partial charge in [0.2, 0.25) is 0 Å². The van der Waals surface area contributed by atoms with Gasteiger partial charge in [-0.2, -0.15) is 10.5 Å². The Morgan fingerprint density at radius 1 is 1.11 bits per heavy atom. The smallest absolute Gasteiger partial charge is 0.255 e. The van der Waals surface area contributed by atoms with Crippen LogP contribution in [0, 0.1) is 28.6 Å². The second-order valence-corrected chi connectivity index (χ2v) is 9.43. The van der Waals surface area contributed by atoms with E-state index in [1.165, 1.54) is 0 Å². The van der Waals surface area contributed by atoms with E-state index in [0.29, 0.717) is 47.4 Å². The lowest BCUT2D eigenvalue weighted by Crippen LogP contribution is -2.27. The fourth-order valence-corrected chi connectivity index (χ4v) is 5.49. The predicted molar refractivity (Wildman–Crippen MR) is 136 cm³/mol. The monoisotopic (exact) mass is 480 g/mol. The van der Waals surface area contributed by atoms with Crippen molar-refractivity contribution in [3.05, 3.63) is 70.8 Å². The molecule has 3 aromatic rings. The summed E-state index contributed by atoms with van der Waals surface area (Å²) < 4.78 is 11.5. The minimum absolute atomic E-state index is 0.233. The molecule has 36 heavy (non-hydrogen) atoms. The van der Waals surface area contributed by atoms with Crippen LogP contribution in [0.3, 0.4) is 0 Å². The van der Waals surface area contributed by atoms with Crippen molar-refractivity contribution < 1.29 is 14.3 Å². The lowest BCUT2D eigenvalue weighted by Gasteiger charge is -2.27. The van der Waals surface area contributed by atoms with Gasteiger partial charge in [-0.15, -0.1) is 0 Å². The molecule has 2 unspecified atom stereocenters. The van der Waals surface area contributed by atoms with Crippen molar-refractivity contribution in [3.8, 4) is 23.6 Å². The Morgan fingerprint density at radius 2 is 1.94 bits per heavy atom. The maximum atomic E-state index is 12.9. The maximum absolute atomic E-state index is 12.9. The van der Waals surface area contributed by atoms with Gasteiger partial charge < -0.3 is 19.7 Å². The molecule has 2 atom stereocenters. The lowest BCUT2D eigenvalue weighted by atomic mass is 9.86. The molecule has 182 valence electrons. The van der Waals surface area contributed by atoms with Crippen molar-refractivity contribution in [2.75, 3.05) is 39.9 Å². The van der Waals surface area contributed by atoms with Crippen molar-refractivity contribution in [2.24, 2.45) is 5.92 Å². The number of benzene rings is 3. The van der Waals surface area contributed by atoms with E-state index in [9.17, 15) is 15.3 Å². The van der Waals surface area contributed by atoms with E-state index >= 15 is 0 Å². The minimum atomic E-state index is -0.233. The first-order valence-electron chi connectivity index (χ1n) is 12.3. The Morgan fingerprint density at radius 3 is 2.72 bits per heavy atom. The molecule has 3 aromatic carbocycles. The Bertz CT molecular complexity index is 1390. The van der Waals surface area contributed by atoms with Crippen LogP contribution in [-0.4, -0.2) is 50.7 Å². The van der Waals surface area contributed by atoms with E-state index in [2.05, 4.69) is 22.4 Å². The van der Waals surface area contributed by atoms with E-state index in [4.69, 9.17) is 9.47 Å². The fraction of sp³-hybridized carbons (Fsp3) is 0.345. The molecule has 7 nitrogen and oxygen atoms in total. The van der Waals surface area contributed by atoms with Crippen LogP contribution in [0.15, 0.2) is 48.5 Å². The normalized spacial score (nSPS) is 18.4. The van der Waals surface area contributed by atoms with Crippen LogP contribution in [0.2, 0.25) is 0 Å². The van der Waals surface area contributed by atoms with Crippen molar-refractivity contribution >= 4 is 16.7 Å². The van der Waals surface area contributed by atoms with Gasteiger partial charge in [-0.1, -0.05) is 24.3 Å². The Labute approximate surface area is 210 Å². The van der Waals surface area contributed by atoms with Gasteiger partial charge in [0.05, 0.1) is 42.5 Å². The van der Waals surface area contributed by atoms with Crippen LogP contribution in [-0.2, 0) is 0 Å². The number of methoxy groups -OCH3 is 1. The number of carbonyl (C=O) groups is 1. The highest BCUT2D eigenvalue weighted by atomic mass is 16.5. The molecule has 2 aliphatic rings. The third-order valence-electron chi connectivity index (χ3n) is 7.26. The van der Waals surface area contributed by atoms with Crippen LogP contribution in [0.25, 0.3) is 10.8 Å². The highest BCUT2D eigenvalue weighted by molar-refractivity contribution is 6.05. The number of rotatable bonds is 7. The van der Waals surface area contributed by atoms with Gasteiger partial charge in [0, 0.05) is 47.8 Å². The molecule has 1 N–H and O–H groups in total. The number of likely N-dealkylation sites (tertiary alicyclic amines) is 1. The number of amides is 1. The largest absolute Gasteiger partial charge is 0.495 e. The van der Waals surface area contributed by atoms with Crippen LogP contribution in [0.5, 0.6) is 11.5 Å². The van der Waals surface area contributed by atoms with Gasteiger partial charge >= 0.3 is 0 Å². The minimum Gasteiger partial charge on any atom is -0.495 e. The van der Waals surface area contributed by atoms with Crippen molar-refractivity contribution in [1.82, 2.24) is 10.2 Å². The SMILES string of the molecule is COc1c(C(=O)NCCCCN2CC3COc4ccc(C#N)cc4C3C2)cc(C#N)c2ccccc12. The lowest BCUT2D eigenvalue weighted by molar-refractivity contribution is 0.0950. The summed E-state index contributed by atoms with van der Waals surface area (Å²) in [6.45, 7) is 4.17. The van der Waals surface area contributed by atoms with Gasteiger partial charge in [-0.3, -0.25) is 4.79 Å². The molecule has 5 rings (SSSR count). The summed E-state index contributed by atoms with van der Waals surface area (Å²) in [4.78, 5) is 15.4. The van der Waals surface area contributed by atoms with Crippen LogP contribution in [0.4, 0.5) is 0 Å². The van der Waals surface area contributed by atoms with E-state index in [1.54, 1.807) is 13.2 Å². The fourth-order valence-electron chi connectivity index (χ4n) is 5.49. The number of hydrogen-bond donors (Lipinski definition) is 1. The van der Waals surface area contributed by atoms with Crippen LogP contribution in [0.1, 0.15) is 45.8 Å². The number of nitrogens with one attached hydrogen (secondary N) is 1. The average Bonchev–Trinajstić information content (AvgIpc) is 3.35. The molecule has 0 aliphatic carbocycles. The van der Waals surface area contributed by atoms with Gasteiger partial charge in [0.25, 0.3) is 5.91 Å². The third kappa shape index (κ3) is 4.46. The average molecular weight is 481 g/mol. The first-order chi connectivity index (χ1) is 17.6. The first-order valence-corrected chi connectivity index (χ1v) is 12.3. The number of carbonyl (C=O) groups excluding carboxylic acids is 1. The molecule has 1 fully saturated rings. The van der Waals surface area contributed by atoms with Crippen molar-refractivity contribution in [1.29, 1.82) is 10.5 Å². The van der Waals surface area contributed by atoms with Gasteiger partial charge in [0.15, 0.2) is 0 Å². The maximum Gasteiger partial charge on any atom is 0.255 e. The van der Waals surface area contributed by atoms with Gasteiger partial charge in [-0.25, -0.2) is 0 Å². The molecule has 2 aliphatic heterocycles. The summed E-state index contributed by atoms with van der Waals surface area (Å²) in [6.07, 6.45) is 1.81. The number of unbranched alkanes of at least 4 members (excludes halogenated alkanes) is 1. The van der Waals surface area contributed by atoms with E-state index < -0.39 is 0 Å². The summed E-state index contributed by atoms with van der Waals surface area (Å²) in [5, 5.41) is 23.3. The zero-order valence-electron chi connectivity index (χ0n) is 20.3. The molecule has 0 bridgehead atoms. The topological polar surface area (TPSA) is 98.4 Å². The standard InChI is InChI=1S/C29H28N4O3/c1-35-28-23-7-3-2-6-22(23)20(15-31)13-25(28)29(34)32-10-4-5-11-33-16-21-18-36-27-9-8-19(14-30)12-24(27)26(21)17-33/h2-3,6-9,12-13,21,26H,4-5,10-11,16-18H2,1H3,(H,32,34). The Hall–Kier alpha value is -4.07. The Balaban J connectivity index is 1.15. The molecule has 0 radical (unpaired) electrons. The molecule has 1 amide bonds. The highest BCUT2D eigenvalue weighted by Crippen LogP contribution is 2.42. The van der Waals surface area contributed by atoms with Gasteiger partial charge in [-0.05, 0) is 43.7 Å². The molecular formula is C29H28N4O3. The second-order valence-electron chi connectivity index (χ2n) is 9.43. The number of fused-ring (bicyclic) bond motifs is 4. The quantitative estimate of drug-likeness (QED) is 0.509. The van der Waals surface area contributed by atoms with Gasteiger partial charge in [0.1, 0.15) is 11.5 Å². The number of nitrogens with zero attached hydrogens (tertiary/aromatic N) is 3. The zero-order valence-corrected chi connectivity index (χ0v) is 20.3. The molecule has 2 heterocycles. The molecule has 0 spiro atoms. The molecular weight excluding hydrogens is 452 g/mol. The Kier molecular flexibility index (Phi) is 6.75. The number of hydrogen-bond acceptors (Lipinski definition) is 6. The second kappa shape index (κ2) is 10.3. The number of ether oxygens (including phenoxy) is 2. The molecule has 0 aromatic heterocycles. The van der Waals surface area contributed by atoms with Crippen molar-refractivity contribution in [2.45, 2.75) is 18.8 Å². The highest BCUT2D eigenvalue weighted by Gasteiger charge is 2.38. The molecule has 0 saturated carbocycles. The zero-order chi connectivity index (χ0) is 25.1. The first kappa shape index (κ1) is 23.7. The summed E-state index contributed by atoms with van der Waals surface area (Å²) >= 11 is 0. The van der Waals surface area contributed by atoms with Crippen LogP contribution >= 0.6 is 0 Å². The number of nitriles is 2. The molecule has 7 heteroatoms. The third-order valence-corrected chi connectivity index (χ3v) is 7.26. The summed E-state index contributed by atoms with van der Waals surface area (Å²) in [7, 11) is 1.54. The van der Waals surface area contributed by atoms with E-state index in [-0.39, 0.29) is 5.91 Å².